The SMILES string of the molecule is COC1CCCC(O)(Cc2ccc(C(C)C)cc2)C1. The van der Waals surface area contributed by atoms with Gasteiger partial charge in [-0.15, -0.1) is 0 Å². The maximum atomic E-state index is 10.7. The average molecular weight is 262 g/mol. The molecule has 1 aromatic rings. The van der Waals surface area contributed by atoms with Crippen LogP contribution >= 0.6 is 0 Å². The Hall–Kier alpha value is -0.860. The molecule has 1 aliphatic carbocycles. The van der Waals surface area contributed by atoms with E-state index in [1.165, 1.54) is 11.1 Å². The zero-order chi connectivity index (χ0) is 13.9. The van der Waals surface area contributed by atoms with E-state index in [-0.39, 0.29) is 6.10 Å². The molecule has 2 heteroatoms. The van der Waals surface area contributed by atoms with Crippen LogP contribution in [0.2, 0.25) is 0 Å². The van der Waals surface area contributed by atoms with Crippen molar-refractivity contribution in [1.82, 2.24) is 0 Å². The van der Waals surface area contributed by atoms with Gasteiger partial charge >= 0.3 is 0 Å². The lowest BCUT2D eigenvalue weighted by molar-refractivity contribution is -0.0581. The minimum absolute atomic E-state index is 0.216. The third-order valence-corrected chi connectivity index (χ3v) is 4.29. The summed E-state index contributed by atoms with van der Waals surface area (Å²) < 4.78 is 5.41. The molecule has 0 spiro atoms. The van der Waals surface area contributed by atoms with Gasteiger partial charge in [-0.1, -0.05) is 38.1 Å². The predicted molar refractivity (Wildman–Crippen MR) is 78.4 cm³/mol. The van der Waals surface area contributed by atoms with E-state index in [9.17, 15) is 5.11 Å². The lowest BCUT2D eigenvalue weighted by atomic mass is 9.79. The summed E-state index contributed by atoms with van der Waals surface area (Å²) in [6.45, 7) is 4.40. The van der Waals surface area contributed by atoms with Gasteiger partial charge in [0, 0.05) is 20.0 Å². The van der Waals surface area contributed by atoms with Gasteiger partial charge < -0.3 is 9.84 Å². The highest BCUT2D eigenvalue weighted by Crippen LogP contribution is 2.32. The first-order chi connectivity index (χ1) is 9.02. The molecule has 1 N–H and O–H groups in total. The van der Waals surface area contributed by atoms with Crippen molar-refractivity contribution in [2.75, 3.05) is 7.11 Å². The Morgan fingerprint density at radius 3 is 2.58 bits per heavy atom. The van der Waals surface area contributed by atoms with Gasteiger partial charge in [-0.05, 0) is 36.3 Å². The Morgan fingerprint density at radius 2 is 2.00 bits per heavy atom. The fraction of sp³-hybridized carbons (Fsp3) is 0.647. The third kappa shape index (κ3) is 3.80. The Morgan fingerprint density at radius 1 is 1.32 bits per heavy atom. The van der Waals surface area contributed by atoms with Crippen molar-refractivity contribution in [2.24, 2.45) is 0 Å². The van der Waals surface area contributed by atoms with Gasteiger partial charge in [0.1, 0.15) is 0 Å². The van der Waals surface area contributed by atoms with Crippen molar-refractivity contribution >= 4 is 0 Å². The van der Waals surface area contributed by atoms with Crippen LogP contribution in [0.1, 0.15) is 56.6 Å². The zero-order valence-electron chi connectivity index (χ0n) is 12.4. The molecule has 2 atom stereocenters. The molecular formula is C17H26O2. The summed E-state index contributed by atoms with van der Waals surface area (Å²) in [5, 5.41) is 10.7. The fourth-order valence-corrected chi connectivity index (χ4v) is 3.05. The van der Waals surface area contributed by atoms with E-state index >= 15 is 0 Å². The maximum Gasteiger partial charge on any atom is 0.0712 e. The van der Waals surface area contributed by atoms with Gasteiger partial charge in [-0.3, -0.25) is 0 Å². The second-order valence-electron chi connectivity index (χ2n) is 6.25. The standard InChI is InChI=1S/C17H26O2/c1-13(2)15-8-6-14(7-9-15)11-17(18)10-4-5-16(12-17)19-3/h6-9,13,16,18H,4-5,10-12H2,1-3H3. The van der Waals surface area contributed by atoms with Crippen molar-refractivity contribution < 1.29 is 9.84 Å². The smallest absolute Gasteiger partial charge is 0.0712 e. The second kappa shape index (κ2) is 6.06. The highest BCUT2D eigenvalue weighted by Gasteiger charge is 2.34. The molecule has 0 bridgehead atoms. The first-order valence-electron chi connectivity index (χ1n) is 7.36. The first kappa shape index (κ1) is 14.5. The number of hydrogen-bond donors (Lipinski definition) is 1. The van der Waals surface area contributed by atoms with Crippen molar-refractivity contribution in [1.29, 1.82) is 0 Å². The van der Waals surface area contributed by atoms with Gasteiger partial charge in [0.05, 0.1) is 11.7 Å². The van der Waals surface area contributed by atoms with Crippen LogP contribution in [-0.4, -0.2) is 23.9 Å². The van der Waals surface area contributed by atoms with E-state index in [2.05, 4.69) is 38.1 Å². The Bertz CT molecular complexity index is 396. The average Bonchev–Trinajstić information content (AvgIpc) is 2.38. The van der Waals surface area contributed by atoms with Crippen molar-refractivity contribution in [3.63, 3.8) is 0 Å². The summed E-state index contributed by atoms with van der Waals surface area (Å²) in [5.74, 6) is 0.560. The molecule has 2 rings (SSSR count). The van der Waals surface area contributed by atoms with Crippen LogP contribution in [0.25, 0.3) is 0 Å². The molecule has 106 valence electrons. The highest BCUT2D eigenvalue weighted by atomic mass is 16.5. The van der Waals surface area contributed by atoms with E-state index < -0.39 is 5.60 Å². The predicted octanol–water partition coefficient (Wildman–Crippen LogP) is 3.67. The Balaban J connectivity index is 2.03. The van der Waals surface area contributed by atoms with Crippen LogP contribution in [0.4, 0.5) is 0 Å². The van der Waals surface area contributed by atoms with Crippen molar-refractivity contribution in [2.45, 2.75) is 63.6 Å². The highest BCUT2D eigenvalue weighted by molar-refractivity contribution is 5.26. The zero-order valence-corrected chi connectivity index (χ0v) is 12.4. The third-order valence-electron chi connectivity index (χ3n) is 4.29. The van der Waals surface area contributed by atoms with E-state index in [0.29, 0.717) is 5.92 Å². The molecule has 0 radical (unpaired) electrons. The molecule has 1 fully saturated rings. The second-order valence-corrected chi connectivity index (χ2v) is 6.25. The van der Waals surface area contributed by atoms with Crippen LogP contribution < -0.4 is 0 Å². The summed E-state index contributed by atoms with van der Waals surface area (Å²) in [6, 6.07) is 8.67. The van der Waals surface area contributed by atoms with Crippen LogP contribution in [-0.2, 0) is 11.2 Å². The van der Waals surface area contributed by atoms with Gasteiger partial charge in [0.2, 0.25) is 0 Å². The maximum absolute atomic E-state index is 10.7. The van der Waals surface area contributed by atoms with E-state index in [0.717, 1.165) is 32.1 Å². The Kier molecular flexibility index (Phi) is 4.64. The topological polar surface area (TPSA) is 29.5 Å². The summed E-state index contributed by atoms with van der Waals surface area (Å²) in [6.07, 6.45) is 4.73. The summed E-state index contributed by atoms with van der Waals surface area (Å²) in [5.41, 5.74) is 2.00. The normalized spacial score (nSPS) is 27.7. The van der Waals surface area contributed by atoms with E-state index in [1.807, 2.05) is 0 Å². The number of rotatable bonds is 4. The summed E-state index contributed by atoms with van der Waals surface area (Å²) in [4.78, 5) is 0. The van der Waals surface area contributed by atoms with Crippen molar-refractivity contribution in [3.8, 4) is 0 Å². The largest absolute Gasteiger partial charge is 0.389 e. The van der Waals surface area contributed by atoms with Gasteiger partial charge in [-0.2, -0.15) is 0 Å². The molecule has 1 aromatic carbocycles. The molecule has 0 saturated heterocycles. The fourth-order valence-electron chi connectivity index (χ4n) is 3.05. The van der Waals surface area contributed by atoms with Crippen LogP contribution in [0.5, 0.6) is 0 Å². The van der Waals surface area contributed by atoms with Crippen LogP contribution in [0.3, 0.4) is 0 Å². The molecule has 2 unspecified atom stereocenters. The molecule has 2 nitrogen and oxygen atoms in total. The number of methoxy groups -OCH3 is 1. The van der Waals surface area contributed by atoms with E-state index in [4.69, 9.17) is 4.74 Å². The minimum atomic E-state index is -0.585. The Labute approximate surface area is 116 Å². The van der Waals surface area contributed by atoms with Gasteiger partial charge in [-0.25, -0.2) is 0 Å². The molecule has 1 aliphatic rings. The van der Waals surface area contributed by atoms with E-state index in [1.54, 1.807) is 7.11 Å². The number of benzene rings is 1. The first-order valence-corrected chi connectivity index (χ1v) is 7.36. The molecule has 1 saturated carbocycles. The summed E-state index contributed by atoms with van der Waals surface area (Å²) >= 11 is 0. The van der Waals surface area contributed by atoms with Gasteiger partial charge in [0.15, 0.2) is 0 Å². The number of hydrogen-bond acceptors (Lipinski definition) is 2. The molecule has 0 aromatic heterocycles. The lowest BCUT2D eigenvalue weighted by Crippen LogP contribution is -2.40. The molecular weight excluding hydrogens is 236 g/mol. The van der Waals surface area contributed by atoms with Crippen LogP contribution in [0.15, 0.2) is 24.3 Å². The molecule has 19 heavy (non-hydrogen) atoms. The summed E-state index contributed by atoms with van der Waals surface area (Å²) in [7, 11) is 1.74. The monoisotopic (exact) mass is 262 g/mol. The van der Waals surface area contributed by atoms with Gasteiger partial charge in [0.25, 0.3) is 0 Å². The quantitative estimate of drug-likeness (QED) is 0.897. The van der Waals surface area contributed by atoms with Crippen molar-refractivity contribution in [3.05, 3.63) is 35.4 Å². The van der Waals surface area contributed by atoms with Crippen LogP contribution in [0, 0.1) is 0 Å². The number of aliphatic hydroxyl groups is 1. The minimum Gasteiger partial charge on any atom is -0.389 e. The molecule has 0 amide bonds. The molecule has 0 aliphatic heterocycles. The number of ether oxygens (including phenoxy) is 1. The lowest BCUT2D eigenvalue weighted by Gasteiger charge is -2.36. The molecule has 0 heterocycles.